The van der Waals surface area contributed by atoms with Gasteiger partial charge in [-0.2, -0.15) is 0 Å². The van der Waals surface area contributed by atoms with E-state index in [9.17, 15) is 4.79 Å². The van der Waals surface area contributed by atoms with Gasteiger partial charge in [-0.05, 0) is 19.0 Å². The van der Waals surface area contributed by atoms with Crippen LogP contribution < -0.4 is 10.6 Å². The molecule has 0 unspecified atom stereocenters. The van der Waals surface area contributed by atoms with Crippen molar-refractivity contribution in [1.29, 1.82) is 0 Å². The highest BCUT2D eigenvalue weighted by Gasteiger charge is 2.19. The Bertz CT molecular complexity index is 352. The summed E-state index contributed by atoms with van der Waals surface area (Å²) in [5.41, 5.74) is 0.400. The van der Waals surface area contributed by atoms with E-state index in [0.29, 0.717) is 15.9 Å². The highest BCUT2D eigenvalue weighted by Crippen LogP contribution is 2.21. The second-order valence-electron chi connectivity index (χ2n) is 3.51. The number of aromatic nitrogens is 1. The lowest BCUT2D eigenvalue weighted by Gasteiger charge is -2.09. The van der Waals surface area contributed by atoms with E-state index in [1.165, 1.54) is 6.07 Å². The summed E-state index contributed by atoms with van der Waals surface area (Å²) in [6.45, 7) is 1.76. The van der Waals surface area contributed by atoms with Crippen LogP contribution in [-0.4, -0.2) is 30.0 Å². The first-order valence-electron chi connectivity index (χ1n) is 4.72. The van der Waals surface area contributed by atoms with Gasteiger partial charge in [0.25, 0.3) is 5.91 Å². The molecule has 6 heteroatoms. The molecule has 1 saturated heterocycles. The maximum Gasteiger partial charge on any atom is 0.268 e. The maximum atomic E-state index is 11.7. The molecule has 1 aliphatic heterocycles. The van der Waals surface area contributed by atoms with Crippen LogP contribution >= 0.6 is 23.2 Å². The lowest BCUT2D eigenvalue weighted by Crippen LogP contribution is -2.36. The maximum absolute atomic E-state index is 11.7. The average molecular weight is 248 g/mol. The highest BCUT2D eigenvalue weighted by atomic mass is 35.5. The van der Waals surface area contributed by atoms with Crippen molar-refractivity contribution in [3.05, 3.63) is 21.9 Å². The lowest BCUT2D eigenvalue weighted by atomic mass is 10.2. The first-order chi connectivity index (χ1) is 7.16. The number of halogens is 2. The summed E-state index contributed by atoms with van der Waals surface area (Å²) in [5, 5.41) is 6.72. The van der Waals surface area contributed by atoms with Crippen molar-refractivity contribution in [2.75, 3.05) is 13.1 Å². The van der Waals surface area contributed by atoms with Gasteiger partial charge in [0.1, 0.15) is 10.8 Å². The Morgan fingerprint density at radius 2 is 2.33 bits per heavy atom. The van der Waals surface area contributed by atoms with Crippen molar-refractivity contribution in [3.63, 3.8) is 0 Å². The van der Waals surface area contributed by atoms with Crippen LogP contribution in [0.3, 0.4) is 0 Å². The Kier molecular flexibility index (Phi) is 3.19. The summed E-state index contributed by atoms with van der Waals surface area (Å²) in [6.07, 6.45) is 0.952. The average Bonchev–Trinajstić information content (AvgIpc) is 2.78. The fourth-order valence-corrected chi connectivity index (χ4v) is 1.88. The minimum atomic E-state index is -0.169. The predicted octanol–water partition coefficient (Wildman–Crippen LogP) is 1.41. The van der Waals surface area contributed by atoms with Crippen LogP contribution in [0.15, 0.2) is 6.07 Å². The molecule has 1 aromatic rings. The van der Waals surface area contributed by atoms with E-state index in [-0.39, 0.29) is 11.9 Å². The first-order valence-corrected chi connectivity index (χ1v) is 5.48. The van der Waals surface area contributed by atoms with E-state index in [1.54, 1.807) is 0 Å². The topological polar surface area (TPSA) is 56.9 Å². The van der Waals surface area contributed by atoms with Gasteiger partial charge < -0.3 is 15.6 Å². The van der Waals surface area contributed by atoms with E-state index in [0.717, 1.165) is 19.5 Å². The van der Waals surface area contributed by atoms with Gasteiger partial charge in [0.2, 0.25) is 0 Å². The van der Waals surface area contributed by atoms with Crippen LogP contribution in [0.5, 0.6) is 0 Å². The number of rotatable bonds is 2. The van der Waals surface area contributed by atoms with E-state index < -0.39 is 0 Å². The van der Waals surface area contributed by atoms with Gasteiger partial charge in [0.05, 0.1) is 5.02 Å². The Labute approximate surface area is 97.3 Å². The Morgan fingerprint density at radius 1 is 1.53 bits per heavy atom. The molecule has 1 aliphatic rings. The quantitative estimate of drug-likeness (QED) is 0.741. The third kappa shape index (κ3) is 2.45. The van der Waals surface area contributed by atoms with Gasteiger partial charge in [0, 0.05) is 12.6 Å². The van der Waals surface area contributed by atoms with Gasteiger partial charge in [-0.25, -0.2) is 0 Å². The third-order valence-electron chi connectivity index (χ3n) is 2.37. The molecule has 1 aromatic heterocycles. The predicted molar refractivity (Wildman–Crippen MR) is 59.6 cm³/mol. The van der Waals surface area contributed by atoms with Crippen LogP contribution in [0.25, 0.3) is 0 Å². The molecule has 1 fully saturated rings. The first kappa shape index (κ1) is 10.8. The molecule has 4 nitrogen and oxygen atoms in total. The minimum Gasteiger partial charge on any atom is -0.347 e. The molecular formula is C9H11Cl2N3O. The molecule has 0 spiro atoms. The van der Waals surface area contributed by atoms with Crippen molar-refractivity contribution in [1.82, 2.24) is 15.6 Å². The fraction of sp³-hybridized carbons (Fsp3) is 0.444. The minimum absolute atomic E-state index is 0.169. The number of carbonyl (C=O) groups is 1. The summed E-state index contributed by atoms with van der Waals surface area (Å²) in [7, 11) is 0. The molecule has 2 rings (SSSR count). The van der Waals surface area contributed by atoms with Crippen LogP contribution in [0.1, 0.15) is 16.9 Å². The summed E-state index contributed by atoms with van der Waals surface area (Å²) >= 11 is 11.4. The fourth-order valence-electron chi connectivity index (χ4n) is 1.57. The molecular weight excluding hydrogens is 237 g/mol. The summed E-state index contributed by atoms with van der Waals surface area (Å²) < 4.78 is 0. The Hall–Kier alpha value is -0.710. The monoisotopic (exact) mass is 247 g/mol. The second kappa shape index (κ2) is 4.43. The summed E-state index contributed by atoms with van der Waals surface area (Å²) in [5.74, 6) is -0.169. The molecule has 0 aliphatic carbocycles. The van der Waals surface area contributed by atoms with Crippen LogP contribution in [0.2, 0.25) is 10.2 Å². The van der Waals surface area contributed by atoms with E-state index in [4.69, 9.17) is 23.2 Å². The number of amides is 1. The van der Waals surface area contributed by atoms with Gasteiger partial charge in [-0.15, -0.1) is 0 Å². The molecule has 1 amide bonds. The zero-order chi connectivity index (χ0) is 10.8. The number of aromatic amines is 1. The summed E-state index contributed by atoms with van der Waals surface area (Å²) in [4.78, 5) is 14.4. The number of carbonyl (C=O) groups excluding carboxylic acids is 1. The van der Waals surface area contributed by atoms with Crippen molar-refractivity contribution in [2.45, 2.75) is 12.5 Å². The van der Waals surface area contributed by atoms with Crippen molar-refractivity contribution >= 4 is 29.1 Å². The molecule has 0 bridgehead atoms. The smallest absolute Gasteiger partial charge is 0.268 e. The lowest BCUT2D eigenvalue weighted by molar-refractivity contribution is 0.0935. The van der Waals surface area contributed by atoms with Crippen LogP contribution in [-0.2, 0) is 0 Å². The zero-order valence-corrected chi connectivity index (χ0v) is 9.45. The SMILES string of the molecule is O=C(N[C@@H]1CCNC1)c1cc(Cl)c(Cl)[nH]1. The number of H-pyrrole nitrogens is 1. The number of hydrogen-bond donors (Lipinski definition) is 3. The zero-order valence-electron chi connectivity index (χ0n) is 7.94. The largest absolute Gasteiger partial charge is 0.347 e. The second-order valence-corrected chi connectivity index (χ2v) is 4.29. The van der Waals surface area contributed by atoms with Gasteiger partial charge in [0.15, 0.2) is 0 Å². The van der Waals surface area contributed by atoms with Gasteiger partial charge in [-0.1, -0.05) is 23.2 Å². The van der Waals surface area contributed by atoms with E-state index >= 15 is 0 Å². The highest BCUT2D eigenvalue weighted by molar-refractivity contribution is 6.41. The molecule has 0 aromatic carbocycles. The van der Waals surface area contributed by atoms with Crippen LogP contribution in [0, 0.1) is 0 Å². The molecule has 15 heavy (non-hydrogen) atoms. The number of hydrogen-bond acceptors (Lipinski definition) is 2. The molecule has 0 saturated carbocycles. The Morgan fingerprint density at radius 3 is 2.87 bits per heavy atom. The Balaban J connectivity index is 2.00. The normalized spacial score (nSPS) is 20.5. The van der Waals surface area contributed by atoms with Crippen molar-refractivity contribution in [3.8, 4) is 0 Å². The van der Waals surface area contributed by atoms with E-state index in [2.05, 4.69) is 15.6 Å². The van der Waals surface area contributed by atoms with Crippen LogP contribution in [0.4, 0.5) is 0 Å². The van der Waals surface area contributed by atoms with Crippen molar-refractivity contribution < 1.29 is 4.79 Å². The van der Waals surface area contributed by atoms with Crippen molar-refractivity contribution in [2.24, 2.45) is 0 Å². The molecule has 2 heterocycles. The number of nitrogens with one attached hydrogen (secondary N) is 3. The molecule has 1 atom stereocenters. The van der Waals surface area contributed by atoms with E-state index in [1.807, 2.05) is 0 Å². The van der Waals surface area contributed by atoms with Gasteiger partial charge >= 0.3 is 0 Å². The van der Waals surface area contributed by atoms with Gasteiger partial charge in [-0.3, -0.25) is 4.79 Å². The molecule has 3 N–H and O–H groups in total. The molecule has 0 radical (unpaired) electrons. The third-order valence-corrected chi connectivity index (χ3v) is 3.06. The standard InChI is InChI=1S/C9H11Cl2N3O/c10-6-3-7(14-8(6)11)9(15)13-5-1-2-12-4-5/h3,5,12,14H,1-2,4H2,(H,13,15)/t5-/m1/s1. The summed E-state index contributed by atoms with van der Waals surface area (Å²) in [6, 6.07) is 1.72. The molecule has 82 valence electrons.